The molecule has 4 nitrogen and oxygen atoms in total. The molecule has 0 aliphatic rings. The van der Waals surface area contributed by atoms with Crippen molar-refractivity contribution in [2.75, 3.05) is 26.1 Å². The third kappa shape index (κ3) is 4.19. The summed E-state index contributed by atoms with van der Waals surface area (Å²) in [6.45, 7) is 1.56. The van der Waals surface area contributed by atoms with Crippen LogP contribution in [0, 0.1) is 0 Å². The number of ether oxygens (including phenoxy) is 1. The quantitative estimate of drug-likeness (QED) is 0.868. The van der Waals surface area contributed by atoms with Gasteiger partial charge in [-0.1, -0.05) is 12.1 Å². The summed E-state index contributed by atoms with van der Waals surface area (Å²) >= 11 is 3.48. The molecule has 1 N–H and O–H groups in total. The van der Waals surface area contributed by atoms with Crippen LogP contribution in [0.4, 0.5) is 5.82 Å². The van der Waals surface area contributed by atoms with Gasteiger partial charge in [-0.25, -0.2) is 4.98 Å². The molecular weight excluding hydrogens is 330 g/mol. The maximum atomic E-state index is 5.27. The molecule has 2 aromatic rings. The van der Waals surface area contributed by atoms with Crippen molar-refractivity contribution in [2.24, 2.45) is 0 Å². The van der Waals surface area contributed by atoms with Crippen molar-refractivity contribution >= 4 is 21.7 Å². The van der Waals surface area contributed by atoms with Crippen LogP contribution < -0.4 is 15.0 Å². The zero-order valence-corrected chi connectivity index (χ0v) is 14.1. The number of benzene rings is 1. The molecule has 21 heavy (non-hydrogen) atoms. The first-order valence-corrected chi connectivity index (χ1v) is 7.56. The molecule has 0 saturated heterocycles. The number of nitrogens with zero attached hydrogens (tertiary/aromatic N) is 2. The van der Waals surface area contributed by atoms with Crippen LogP contribution in [0.25, 0.3) is 0 Å². The molecule has 1 aromatic carbocycles. The molecule has 1 aromatic heterocycles. The fraction of sp³-hybridized carbons (Fsp3) is 0.312. The van der Waals surface area contributed by atoms with Crippen LogP contribution in [-0.4, -0.2) is 26.2 Å². The van der Waals surface area contributed by atoms with E-state index in [1.807, 2.05) is 31.4 Å². The van der Waals surface area contributed by atoms with Crippen LogP contribution in [0.2, 0.25) is 0 Å². The van der Waals surface area contributed by atoms with Crippen molar-refractivity contribution in [1.29, 1.82) is 0 Å². The molecule has 0 aliphatic carbocycles. The molecule has 0 fully saturated rings. The Kier molecular flexibility index (Phi) is 5.59. The molecule has 0 unspecified atom stereocenters. The predicted octanol–water partition coefficient (Wildman–Crippen LogP) is 3.21. The van der Waals surface area contributed by atoms with Crippen molar-refractivity contribution in [3.05, 3.63) is 52.1 Å². The Bertz CT molecular complexity index is 604. The fourth-order valence-electron chi connectivity index (χ4n) is 2.26. The zero-order chi connectivity index (χ0) is 15.2. The lowest BCUT2D eigenvalue weighted by atomic mass is 10.2. The molecule has 0 radical (unpaired) electrons. The first-order chi connectivity index (χ1) is 10.1. The summed E-state index contributed by atoms with van der Waals surface area (Å²) in [5, 5.41) is 3.18. The highest BCUT2D eigenvalue weighted by Crippen LogP contribution is 2.23. The number of hydrogen-bond acceptors (Lipinski definition) is 4. The molecule has 0 aliphatic heterocycles. The highest BCUT2D eigenvalue weighted by atomic mass is 79.9. The maximum absolute atomic E-state index is 5.27. The van der Waals surface area contributed by atoms with E-state index >= 15 is 0 Å². The summed E-state index contributed by atoms with van der Waals surface area (Å²) in [4.78, 5) is 6.69. The Labute approximate surface area is 134 Å². The van der Waals surface area contributed by atoms with Crippen LogP contribution in [0.3, 0.4) is 0 Å². The summed E-state index contributed by atoms with van der Waals surface area (Å²) in [5.74, 6) is 1.86. The van der Waals surface area contributed by atoms with Crippen LogP contribution in [0.5, 0.6) is 5.75 Å². The van der Waals surface area contributed by atoms with E-state index in [0.717, 1.165) is 34.7 Å². The summed E-state index contributed by atoms with van der Waals surface area (Å²) in [6.07, 6.45) is 1.83. The molecule has 0 atom stereocenters. The van der Waals surface area contributed by atoms with Gasteiger partial charge >= 0.3 is 0 Å². The van der Waals surface area contributed by atoms with Gasteiger partial charge in [-0.3, -0.25) is 0 Å². The average molecular weight is 350 g/mol. The maximum Gasteiger partial charge on any atom is 0.133 e. The lowest BCUT2D eigenvalue weighted by molar-refractivity contribution is 0.414. The topological polar surface area (TPSA) is 37.4 Å². The second-order valence-electron chi connectivity index (χ2n) is 4.87. The number of aromatic nitrogens is 1. The van der Waals surface area contributed by atoms with E-state index in [4.69, 9.17) is 4.74 Å². The molecule has 112 valence electrons. The van der Waals surface area contributed by atoms with Gasteiger partial charge in [-0.05, 0) is 46.7 Å². The van der Waals surface area contributed by atoms with Crippen molar-refractivity contribution < 1.29 is 4.74 Å². The molecule has 0 spiro atoms. The molecule has 2 rings (SSSR count). The van der Waals surface area contributed by atoms with Gasteiger partial charge < -0.3 is 15.0 Å². The average Bonchev–Trinajstić information content (AvgIpc) is 2.48. The number of nitrogens with one attached hydrogen (secondary N) is 1. The summed E-state index contributed by atoms with van der Waals surface area (Å²) < 4.78 is 6.26. The number of halogens is 1. The van der Waals surface area contributed by atoms with Gasteiger partial charge in [-0.15, -0.1) is 0 Å². The number of anilines is 1. The second kappa shape index (κ2) is 7.43. The molecule has 0 bridgehead atoms. The lowest BCUT2D eigenvalue weighted by Crippen LogP contribution is -2.21. The predicted molar refractivity (Wildman–Crippen MR) is 89.8 cm³/mol. The Morgan fingerprint density at radius 2 is 2.14 bits per heavy atom. The molecule has 1 heterocycles. The van der Waals surface area contributed by atoms with E-state index in [1.165, 1.54) is 5.56 Å². The summed E-state index contributed by atoms with van der Waals surface area (Å²) in [5.41, 5.74) is 2.36. The Balaban J connectivity index is 2.21. The number of hydrogen-bond donors (Lipinski definition) is 1. The second-order valence-corrected chi connectivity index (χ2v) is 5.79. The van der Waals surface area contributed by atoms with Crippen molar-refractivity contribution in [1.82, 2.24) is 10.3 Å². The number of rotatable bonds is 6. The van der Waals surface area contributed by atoms with E-state index < -0.39 is 0 Å². The Hall–Kier alpha value is -1.59. The van der Waals surface area contributed by atoms with Gasteiger partial charge in [0.05, 0.1) is 7.11 Å². The van der Waals surface area contributed by atoms with E-state index in [2.05, 4.69) is 50.3 Å². The van der Waals surface area contributed by atoms with Crippen LogP contribution in [0.15, 0.2) is 41.0 Å². The standard InChI is InChI=1S/C16H20BrN3O/c1-18-9-13-8-14(17)10-19-16(13)20(2)11-12-5-4-6-15(7-12)21-3/h4-8,10,18H,9,11H2,1-3H3. The SMILES string of the molecule is CNCc1cc(Br)cnc1N(C)Cc1cccc(OC)c1. The monoisotopic (exact) mass is 349 g/mol. The Morgan fingerprint density at radius 1 is 1.33 bits per heavy atom. The van der Waals surface area contributed by atoms with E-state index in [-0.39, 0.29) is 0 Å². The molecule has 0 amide bonds. The molecule has 5 heteroatoms. The van der Waals surface area contributed by atoms with Crippen molar-refractivity contribution in [2.45, 2.75) is 13.1 Å². The summed E-state index contributed by atoms with van der Waals surface area (Å²) in [7, 11) is 5.67. The van der Waals surface area contributed by atoms with Crippen LogP contribution >= 0.6 is 15.9 Å². The zero-order valence-electron chi connectivity index (χ0n) is 12.6. The van der Waals surface area contributed by atoms with Gasteiger partial charge in [0.15, 0.2) is 0 Å². The highest BCUT2D eigenvalue weighted by molar-refractivity contribution is 9.10. The minimum Gasteiger partial charge on any atom is -0.497 e. The molecule has 0 saturated carbocycles. The Morgan fingerprint density at radius 3 is 2.86 bits per heavy atom. The number of methoxy groups -OCH3 is 1. The van der Waals surface area contributed by atoms with E-state index in [1.54, 1.807) is 7.11 Å². The van der Waals surface area contributed by atoms with Gasteiger partial charge in [0, 0.05) is 36.4 Å². The fourth-order valence-corrected chi connectivity index (χ4v) is 2.64. The van der Waals surface area contributed by atoms with E-state index in [9.17, 15) is 0 Å². The first-order valence-electron chi connectivity index (χ1n) is 6.77. The highest BCUT2D eigenvalue weighted by Gasteiger charge is 2.10. The summed E-state index contributed by atoms with van der Waals surface area (Å²) in [6, 6.07) is 10.2. The first kappa shape index (κ1) is 15.8. The lowest BCUT2D eigenvalue weighted by Gasteiger charge is -2.21. The van der Waals surface area contributed by atoms with Crippen LogP contribution in [-0.2, 0) is 13.1 Å². The third-order valence-corrected chi connectivity index (χ3v) is 3.63. The third-order valence-electron chi connectivity index (χ3n) is 3.19. The van der Waals surface area contributed by atoms with Gasteiger partial charge in [0.2, 0.25) is 0 Å². The number of pyridine rings is 1. The van der Waals surface area contributed by atoms with Gasteiger partial charge in [0.25, 0.3) is 0 Å². The van der Waals surface area contributed by atoms with Crippen molar-refractivity contribution in [3.63, 3.8) is 0 Å². The smallest absolute Gasteiger partial charge is 0.133 e. The van der Waals surface area contributed by atoms with Crippen LogP contribution in [0.1, 0.15) is 11.1 Å². The largest absolute Gasteiger partial charge is 0.497 e. The van der Waals surface area contributed by atoms with Crippen molar-refractivity contribution in [3.8, 4) is 5.75 Å². The molecular formula is C16H20BrN3O. The van der Waals surface area contributed by atoms with Gasteiger partial charge in [-0.2, -0.15) is 0 Å². The normalized spacial score (nSPS) is 10.5. The minimum absolute atomic E-state index is 0.780. The minimum atomic E-state index is 0.780. The van der Waals surface area contributed by atoms with Gasteiger partial charge in [0.1, 0.15) is 11.6 Å². The van der Waals surface area contributed by atoms with E-state index in [0.29, 0.717) is 0 Å².